The predicted molar refractivity (Wildman–Crippen MR) is 130 cm³/mol. The second-order valence-electron chi connectivity index (χ2n) is 7.85. The average molecular weight is 478 g/mol. The standard InChI is InChI=1S/C27H24ClNO5/c1-33-21-13-8-17(16-22(21)34-2)14-15-29-24(18-6-4-3-5-7-18)23(26(31)27(29)32)25(30)19-9-11-20(28)12-10-19/h3-13,16,24,30H,14-15H2,1-2H3/b25-23+. The van der Waals surface area contributed by atoms with Crippen molar-refractivity contribution in [3.63, 3.8) is 0 Å². The van der Waals surface area contributed by atoms with Gasteiger partial charge in [0.05, 0.1) is 25.8 Å². The molecule has 3 aromatic rings. The first-order valence-electron chi connectivity index (χ1n) is 10.7. The van der Waals surface area contributed by atoms with Crippen molar-refractivity contribution < 1.29 is 24.2 Å². The minimum atomic E-state index is -0.714. The van der Waals surface area contributed by atoms with Crippen molar-refractivity contribution in [3.8, 4) is 11.5 Å². The molecule has 1 heterocycles. The Labute approximate surface area is 203 Å². The molecule has 1 aliphatic heterocycles. The van der Waals surface area contributed by atoms with Gasteiger partial charge in [-0.1, -0.05) is 48.0 Å². The molecule has 3 aromatic carbocycles. The Morgan fingerprint density at radius 1 is 0.941 bits per heavy atom. The lowest BCUT2D eigenvalue weighted by Gasteiger charge is -2.25. The average Bonchev–Trinajstić information content (AvgIpc) is 3.12. The van der Waals surface area contributed by atoms with Crippen molar-refractivity contribution in [1.82, 2.24) is 4.90 Å². The lowest BCUT2D eigenvalue weighted by atomic mass is 9.95. The number of hydrogen-bond acceptors (Lipinski definition) is 5. The zero-order valence-corrected chi connectivity index (χ0v) is 19.6. The number of methoxy groups -OCH3 is 2. The van der Waals surface area contributed by atoms with Crippen molar-refractivity contribution in [3.05, 3.63) is 100 Å². The van der Waals surface area contributed by atoms with Crippen LogP contribution in [0, 0.1) is 0 Å². The molecule has 4 rings (SSSR count). The van der Waals surface area contributed by atoms with Gasteiger partial charge in [-0.25, -0.2) is 0 Å². The highest BCUT2D eigenvalue weighted by Gasteiger charge is 2.45. The Hall–Kier alpha value is -3.77. The predicted octanol–water partition coefficient (Wildman–Crippen LogP) is 5.02. The molecule has 1 saturated heterocycles. The molecule has 7 heteroatoms. The number of carbonyl (C=O) groups is 2. The van der Waals surface area contributed by atoms with E-state index in [4.69, 9.17) is 21.1 Å². The second kappa shape index (κ2) is 10.0. The van der Waals surface area contributed by atoms with Crippen LogP contribution in [0.2, 0.25) is 5.02 Å². The van der Waals surface area contributed by atoms with Crippen LogP contribution in [0.1, 0.15) is 22.7 Å². The summed E-state index contributed by atoms with van der Waals surface area (Å²) >= 11 is 5.97. The smallest absolute Gasteiger partial charge is 0.295 e. The molecule has 0 aliphatic carbocycles. The van der Waals surface area contributed by atoms with E-state index in [0.717, 1.165) is 11.1 Å². The summed E-state index contributed by atoms with van der Waals surface area (Å²) < 4.78 is 10.7. The van der Waals surface area contributed by atoms with Crippen molar-refractivity contribution in [1.29, 1.82) is 0 Å². The van der Waals surface area contributed by atoms with Gasteiger partial charge in [0.15, 0.2) is 11.5 Å². The summed E-state index contributed by atoms with van der Waals surface area (Å²) in [5, 5.41) is 11.6. The van der Waals surface area contributed by atoms with E-state index in [9.17, 15) is 14.7 Å². The van der Waals surface area contributed by atoms with Crippen molar-refractivity contribution in [2.45, 2.75) is 12.5 Å². The fourth-order valence-electron chi connectivity index (χ4n) is 4.14. The number of aliphatic hydroxyl groups excluding tert-OH is 1. The van der Waals surface area contributed by atoms with E-state index in [1.165, 1.54) is 4.90 Å². The van der Waals surface area contributed by atoms with Gasteiger partial charge in [0.2, 0.25) is 0 Å². The van der Waals surface area contributed by atoms with Crippen LogP contribution >= 0.6 is 11.6 Å². The number of benzene rings is 3. The summed E-state index contributed by atoms with van der Waals surface area (Å²) in [7, 11) is 3.13. The highest BCUT2D eigenvalue weighted by Crippen LogP contribution is 2.39. The summed E-state index contributed by atoms with van der Waals surface area (Å²) in [5.41, 5.74) is 2.14. The summed E-state index contributed by atoms with van der Waals surface area (Å²) in [4.78, 5) is 27.7. The molecule has 1 unspecified atom stereocenters. The van der Waals surface area contributed by atoms with Gasteiger partial charge < -0.3 is 19.5 Å². The number of ether oxygens (including phenoxy) is 2. The van der Waals surface area contributed by atoms with Gasteiger partial charge in [-0.3, -0.25) is 9.59 Å². The zero-order valence-electron chi connectivity index (χ0n) is 18.8. The van der Waals surface area contributed by atoms with E-state index in [1.54, 1.807) is 44.6 Å². The van der Waals surface area contributed by atoms with Crippen LogP contribution in [0.25, 0.3) is 5.76 Å². The molecule has 0 saturated carbocycles. The van der Waals surface area contributed by atoms with Gasteiger partial charge in [0.1, 0.15) is 5.76 Å². The monoisotopic (exact) mass is 477 g/mol. The third-order valence-electron chi connectivity index (χ3n) is 5.86. The second-order valence-corrected chi connectivity index (χ2v) is 8.29. The molecule has 1 atom stereocenters. The van der Waals surface area contributed by atoms with E-state index in [2.05, 4.69) is 0 Å². The van der Waals surface area contributed by atoms with E-state index < -0.39 is 17.7 Å². The number of likely N-dealkylation sites (tertiary alicyclic amines) is 1. The van der Waals surface area contributed by atoms with Gasteiger partial charge >= 0.3 is 0 Å². The SMILES string of the molecule is COc1ccc(CCN2C(=O)C(=O)/C(=C(/O)c3ccc(Cl)cc3)C2c2ccccc2)cc1OC. The number of ketones is 1. The number of aliphatic hydroxyl groups is 1. The van der Waals surface area contributed by atoms with E-state index in [1.807, 2.05) is 42.5 Å². The normalized spacial score (nSPS) is 17.1. The number of carbonyl (C=O) groups excluding carboxylic acids is 2. The summed E-state index contributed by atoms with van der Waals surface area (Å²) in [6.07, 6.45) is 0.484. The fraction of sp³-hybridized carbons (Fsp3) is 0.185. The van der Waals surface area contributed by atoms with E-state index in [0.29, 0.717) is 28.5 Å². The minimum absolute atomic E-state index is 0.0610. The Morgan fingerprint density at radius 3 is 2.26 bits per heavy atom. The summed E-state index contributed by atoms with van der Waals surface area (Å²) in [6, 6.07) is 20.6. The first-order valence-corrected chi connectivity index (χ1v) is 11.1. The highest BCUT2D eigenvalue weighted by atomic mass is 35.5. The third kappa shape index (κ3) is 4.50. The summed E-state index contributed by atoms with van der Waals surface area (Å²) in [5.74, 6) is -0.390. The van der Waals surface area contributed by atoms with Gasteiger partial charge in [0.25, 0.3) is 11.7 Å². The third-order valence-corrected chi connectivity index (χ3v) is 6.11. The molecule has 1 amide bonds. The Balaban J connectivity index is 1.72. The zero-order chi connectivity index (χ0) is 24.2. The maximum Gasteiger partial charge on any atom is 0.295 e. The molecular weight excluding hydrogens is 454 g/mol. The number of rotatable bonds is 7. The lowest BCUT2D eigenvalue weighted by molar-refractivity contribution is -0.139. The maximum absolute atomic E-state index is 13.1. The van der Waals surface area contributed by atoms with Crippen LogP contribution < -0.4 is 9.47 Å². The molecule has 0 bridgehead atoms. The van der Waals surface area contributed by atoms with Gasteiger partial charge in [-0.05, 0) is 53.9 Å². The summed E-state index contributed by atoms with van der Waals surface area (Å²) in [6.45, 7) is 0.275. The minimum Gasteiger partial charge on any atom is -0.507 e. The first-order chi connectivity index (χ1) is 16.4. The molecule has 1 N–H and O–H groups in total. The van der Waals surface area contributed by atoms with Crippen LogP contribution in [-0.2, 0) is 16.0 Å². The van der Waals surface area contributed by atoms with Gasteiger partial charge in [-0.2, -0.15) is 0 Å². The van der Waals surface area contributed by atoms with Gasteiger partial charge in [0, 0.05) is 17.1 Å². The van der Waals surface area contributed by atoms with Crippen molar-refractivity contribution in [2.24, 2.45) is 0 Å². The molecule has 0 spiro atoms. The fourth-order valence-corrected chi connectivity index (χ4v) is 4.27. The Kier molecular flexibility index (Phi) is 6.89. The number of halogens is 1. The van der Waals surface area contributed by atoms with Crippen LogP contribution in [0.4, 0.5) is 0 Å². The van der Waals surface area contributed by atoms with Crippen molar-refractivity contribution in [2.75, 3.05) is 20.8 Å². The topological polar surface area (TPSA) is 76.1 Å². The highest BCUT2D eigenvalue weighted by molar-refractivity contribution is 6.46. The maximum atomic E-state index is 13.1. The number of amides is 1. The molecule has 0 radical (unpaired) electrons. The molecule has 174 valence electrons. The molecular formula is C27H24ClNO5. The molecule has 0 aromatic heterocycles. The van der Waals surface area contributed by atoms with Crippen LogP contribution in [0.3, 0.4) is 0 Å². The number of Topliss-reactive ketones (excluding diaryl/α,β-unsaturated/α-hetero) is 1. The van der Waals surface area contributed by atoms with Crippen molar-refractivity contribution >= 4 is 29.1 Å². The molecule has 34 heavy (non-hydrogen) atoms. The van der Waals surface area contributed by atoms with Crippen LogP contribution in [0.5, 0.6) is 11.5 Å². The van der Waals surface area contributed by atoms with E-state index in [-0.39, 0.29) is 17.9 Å². The molecule has 6 nitrogen and oxygen atoms in total. The van der Waals surface area contributed by atoms with Crippen LogP contribution in [0.15, 0.2) is 78.4 Å². The quantitative estimate of drug-likeness (QED) is 0.294. The number of hydrogen-bond donors (Lipinski definition) is 1. The van der Waals surface area contributed by atoms with Gasteiger partial charge in [-0.15, -0.1) is 0 Å². The Bertz CT molecular complexity index is 1240. The molecule has 1 aliphatic rings. The Morgan fingerprint density at radius 2 is 1.62 bits per heavy atom. The van der Waals surface area contributed by atoms with E-state index >= 15 is 0 Å². The largest absolute Gasteiger partial charge is 0.507 e. The van der Waals surface area contributed by atoms with Crippen LogP contribution in [-0.4, -0.2) is 42.5 Å². The first kappa shape index (κ1) is 23.4. The number of nitrogens with zero attached hydrogens (tertiary/aromatic N) is 1. The molecule has 1 fully saturated rings. The lowest BCUT2D eigenvalue weighted by Crippen LogP contribution is -2.31.